The molecule has 0 aromatic carbocycles. The lowest BCUT2D eigenvalue weighted by molar-refractivity contribution is 0.470. The summed E-state index contributed by atoms with van der Waals surface area (Å²) in [5.74, 6) is 1.05. The first-order chi connectivity index (χ1) is 7.81. The third-order valence-corrected chi connectivity index (χ3v) is 2.95. The fraction of sp³-hybridized carbons (Fsp3) is 0.455. The number of hydrogen-bond donors (Lipinski definition) is 2. The molecule has 1 aliphatic heterocycles. The Labute approximate surface area is 93.1 Å². The van der Waals surface area contributed by atoms with E-state index in [1.807, 2.05) is 0 Å². The Kier molecular flexibility index (Phi) is 2.25. The highest BCUT2D eigenvalue weighted by Gasteiger charge is 2.16. The summed E-state index contributed by atoms with van der Waals surface area (Å²) in [5.41, 5.74) is 0.783. The van der Waals surface area contributed by atoms with Gasteiger partial charge in [-0.1, -0.05) is 0 Å². The molecule has 84 valence electrons. The minimum Gasteiger partial charge on any atom is -0.506 e. The number of aromatic nitrogens is 3. The van der Waals surface area contributed by atoms with Crippen molar-refractivity contribution in [1.29, 1.82) is 0 Å². The predicted octanol–water partition coefficient (Wildman–Crippen LogP) is 0.729. The van der Waals surface area contributed by atoms with Crippen LogP contribution < -0.4 is 5.32 Å². The number of nitrogens with zero attached hydrogens (tertiary/aromatic N) is 3. The molecule has 3 rings (SSSR count). The van der Waals surface area contributed by atoms with Gasteiger partial charge in [0.2, 0.25) is 0 Å². The maximum Gasteiger partial charge on any atom is 0.155 e. The SMILES string of the molecule is Oc1ccc2nc(CC3CCCN3)nn2c1. The van der Waals surface area contributed by atoms with Crippen LogP contribution in [0.25, 0.3) is 5.65 Å². The standard InChI is InChI=1S/C11H14N4O/c16-9-3-4-11-13-10(14-15(11)7-9)6-8-2-1-5-12-8/h3-4,7-8,12,16H,1-2,5-6H2. The van der Waals surface area contributed by atoms with E-state index in [4.69, 9.17) is 0 Å². The Bertz CT molecular complexity index is 502. The Balaban J connectivity index is 1.86. The lowest BCUT2D eigenvalue weighted by Gasteiger charge is -2.05. The number of rotatable bonds is 2. The summed E-state index contributed by atoms with van der Waals surface area (Å²) >= 11 is 0. The summed E-state index contributed by atoms with van der Waals surface area (Å²) in [5, 5.41) is 17.1. The van der Waals surface area contributed by atoms with Crippen molar-refractivity contribution in [3.63, 3.8) is 0 Å². The number of hydrogen-bond acceptors (Lipinski definition) is 4. The van der Waals surface area contributed by atoms with Crippen LogP contribution in [0.15, 0.2) is 18.3 Å². The molecule has 2 N–H and O–H groups in total. The van der Waals surface area contributed by atoms with Crippen LogP contribution in [0.1, 0.15) is 18.7 Å². The number of nitrogens with one attached hydrogen (secondary N) is 1. The molecule has 0 bridgehead atoms. The van der Waals surface area contributed by atoms with Gasteiger partial charge in [-0.25, -0.2) is 9.50 Å². The number of pyridine rings is 1. The molecule has 2 aromatic heterocycles. The first-order valence-electron chi connectivity index (χ1n) is 5.59. The molecule has 0 spiro atoms. The topological polar surface area (TPSA) is 62.5 Å². The molecule has 1 unspecified atom stereocenters. The van der Waals surface area contributed by atoms with E-state index in [1.54, 1.807) is 22.8 Å². The molecule has 1 fully saturated rings. The lowest BCUT2D eigenvalue weighted by Crippen LogP contribution is -2.24. The first-order valence-corrected chi connectivity index (χ1v) is 5.59. The minimum absolute atomic E-state index is 0.211. The first kappa shape index (κ1) is 9.59. The van der Waals surface area contributed by atoms with Crippen molar-refractivity contribution in [2.24, 2.45) is 0 Å². The van der Waals surface area contributed by atoms with E-state index in [0.717, 1.165) is 24.4 Å². The van der Waals surface area contributed by atoms with Gasteiger partial charge in [-0.3, -0.25) is 0 Å². The zero-order chi connectivity index (χ0) is 11.0. The molecule has 5 nitrogen and oxygen atoms in total. The maximum atomic E-state index is 9.32. The van der Waals surface area contributed by atoms with Crippen LogP contribution in [0, 0.1) is 0 Å². The molecule has 16 heavy (non-hydrogen) atoms. The Hall–Kier alpha value is -1.62. The van der Waals surface area contributed by atoms with Gasteiger partial charge in [0, 0.05) is 12.5 Å². The van der Waals surface area contributed by atoms with Crippen molar-refractivity contribution in [1.82, 2.24) is 19.9 Å². The van der Waals surface area contributed by atoms with Crippen LogP contribution in [-0.4, -0.2) is 32.3 Å². The van der Waals surface area contributed by atoms with Gasteiger partial charge in [-0.2, -0.15) is 5.10 Å². The molecule has 2 aromatic rings. The summed E-state index contributed by atoms with van der Waals surface area (Å²) in [4.78, 5) is 4.42. The quantitative estimate of drug-likeness (QED) is 0.780. The van der Waals surface area contributed by atoms with Gasteiger partial charge in [0.15, 0.2) is 11.5 Å². The van der Waals surface area contributed by atoms with Crippen molar-refractivity contribution >= 4 is 5.65 Å². The molecule has 0 saturated carbocycles. The highest BCUT2D eigenvalue weighted by molar-refractivity contribution is 5.40. The van der Waals surface area contributed by atoms with Crippen LogP contribution in [0.4, 0.5) is 0 Å². The molecule has 1 saturated heterocycles. The zero-order valence-electron chi connectivity index (χ0n) is 8.93. The third-order valence-electron chi connectivity index (χ3n) is 2.95. The van der Waals surface area contributed by atoms with Gasteiger partial charge in [-0.05, 0) is 31.5 Å². The largest absolute Gasteiger partial charge is 0.506 e. The smallest absolute Gasteiger partial charge is 0.155 e. The van der Waals surface area contributed by atoms with E-state index >= 15 is 0 Å². The van der Waals surface area contributed by atoms with Crippen LogP contribution >= 0.6 is 0 Å². The van der Waals surface area contributed by atoms with Gasteiger partial charge in [-0.15, -0.1) is 0 Å². The summed E-state index contributed by atoms with van der Waals surface area (Å²) in [6.07, 6.45) is 4.87. The van der Waals surface area contributed by atoms with Gasteiger partial charge in [0.05, 0.1) is 6.20 Å². The van der Waals surface area contributed by atoms with E-state index in [0.29, 0.717) is 6.04 Å². The van der Waals surface area contributed by atoms with E-state index < -0.39 is 0 Å². The molecule has 0 amide bonds. The van der Waals surface area contributed by atoms with Gasteiger partial charge in [0.1, 0.15) is 5.75 Å². The average molecular weight is 218 g/mol. The summed E-state index contributed by atoms with van der Waals surface area (Å²) in [6, 6.07) is 3.90. The van der Waals surface area contributed by atoms with Gasteiger partial charge >= 0.3 is 0 Å². The van der Waals surface area contributed by atoms with Crippen molar-refractivity contribution in [3.05, 3.63) is 24.2 Å². The Morgan fingerprint density at radius 1 is 1.50 bits per heavy atom. The molecule has 0 aliphatic carbocycles. The van der Waals surface area contributed by atoms with E-state index in [-0.39, 0.29) is 5.75 Å². The van der Waals surface area contributed by atoms with E-state index in [2.05, 4.69) is 15.4 Å². The van der Waals surface area contributed by atoms with Gasteiger partial charge in [0.25, 0.3) is 0 Å². The second-order valence-electron chi connectivity index (χ2n) is 4.22. The summed E-state index contributed by atoms with van der Waals surface area (Å²) < 4.78 is 1.62. The van der Waals surface area contributed by atoms with E-state index in [1.165, 1.54) is 12.8 Å². The third kappa shape index (κ3) is 1.74. The molecule has 0 radical (unpaired) electrons. The highest BCUT2D eigenvalue weighted by Crippen LogP contribution is 2.13. The van der Waals surface area contributed by atoms with Crippen molar-refractivity contribution in [2.45, 2.75) is 25.3 Å². The van der Waals surface area contributed by atoms with Crippen molar-refractivity contribution in [2.75, 3.05) is 6.54 Å². The van der Waals surface area contributed by atoms with Crippen molar-refractivity contribution in [3.8, 4) is 5.75 Å². The second kappa shape index (κ2) is 3.75. The highest BCUT2D eigenvalue weighted by atomic mass is 16.3. The lowest BCUT2D eigenvalue weighted by atomic mass is 10.1. The maximum absolute atomic E-state index is 9.32. The Morgan fingerprint density at radius 2 is 2.44 bits per heavy atom. The van der Waals surface area contributed by atoms with Crippen LogP contribution in [0.2, 0.25) is 0 Å². The fourth-order valence-corrected chi connectivity index (χ4v) is 2.16. The Morgan fingerprint density at radius 3 is 3.25 bits per heavy atom. The molecular weight excluding hydrogens is 204 g/mol. The van der Waals surface area contributed by atoms with Crippen LogP contribution in [-0.2, 0) is 6.42 Å². The normalized spacial score (nSPS) is 20.6. The molecule has 1 atom stereocenters. The second-order valence-corrected chi connectivity index (χ2v) is 4.22. The number of fused-ring (bicyclic) bond motifs is 1. The van der Waals surface area contributed by atoms with Crippen LogP contribution in [0.5, 0.6) is 5.75 Å². The average Bonchev–Trinajstić information content (AvgIpc) is 2.86. The summed E-state index contributed by atoms with van der Waals surface area (Å²) in [7, 11) is 0. The van der Waals surface area contributed by atoms with Crippen LogP contribution in [0.3, 0.4) is 0 Å². The van der Waals surface area contributed by atoms with Gasteiger partial charge < -0.3 is 10.4 Å². The van der Waals surface area contributed by atoms with Crippen molar-refractivity contribution < 1.29 is 5.11 Å². The minimum atomic E-state index is 0.211. The number of aromatic hydroxyl groups is 1. The summed E-state index contributed by atoms with van der Waals surface area (Å²) in [6.45, 7) is 1.10. The zero-order valence-corrected chi connectivity index (χ0v) is 8.93. The predicted molar refractivity (Wildman–Crippen MR) is 59.4 cm³/mol. The molecule has 1 aliphatic rings. The van der Waals surface area contributed by atoms with E-state index in [9.17, 15) is 5.11 Å². The molecular formula is C11H14N4O. The molecule has 5 heteroatoms. The monoisotopic (exact) mass is 218 g/mol. The fourth-order valence-electron chi connectivity index (χ4n) is 2.16. The molecule has 3 heterocycles.